The van der Waals surface area contributed by atoms with E-state index in [0.29, 0.717) is 10.2 Å². The van der Waals surface area contributed by atoms with Crippen LogP contribution in [-0.2, 0) is 14.3 Å². The number of hydrogen-bond acceptors (Lipinski definition) is 6. The Labute approximate surface area is 145 Å². The number of β-amino-alcohol motifs (C(OH)–C–C–N with tert-alkyl or cyclic N) is 1. The van der Waals surface area contributed by atoms with Crippen molar-refractivity contribution in [2.24, 2.45) is 0 Å². The average molecular weight is 399 g/mol. The highest BCUT2D eigenvalue weighted by Gasteiger charge is 2.34. The Balaban J connectivity index is 2.37. The molecule has 1 aromatic carbocycles. The number of benzene rings is 1. The summed E-state index contributed by atoms with van der Waals surface area (Å²) in [7, 11) is 1.20. The molecule has 24 heavy (non-hydrogen) atoms. The molecule has 0 aliphatic carbocycles. The van der Waals surface area contributed by atoms with Gasteiger partial charge in [0.25, 0.3) is 5.91 Å². The maximum Gasteiger partial charge on any atom is 0.337 e. The SMILES string of the molecule is COC(=O)C1=C(Nc2ccc(Br)c(C(=O)O)c2)C(=O)N(CCO)C1. The van der Waals surface area contributed by atoms with Crippen LogP contribution in [0.1, 0.15) is 10.4 Å². The maximum atomic E-state index is 12.4. The smallest absolute Gasteiger partial charge is 0.337 e. The second-order valence-corrected chi connectivity index (χ2v) is 5.77. The van der Waals surface area contributed by atoms with Crippen molar-refractivity contribution < 1.29 is 29.3 Å². The molecule has 1 aliphatic heterocycles. The summed E-state index contributed by atoms with van der Waals surface area (Å²) in [6.07, 6.45) is 0. The van der Waals surface area contributed by atoms with Gasteiger partial charge in [0.15, 0.2) is 0 Å². The van der Waals surface area contributed by atoms with E-state index in [-0.39, 0.29) is 36.5 Å². The Morgan fingerprint density at radius 2 is 2.12 bits per heavy atom. The molecular formula is C15H15BrN2O6. The van der Waals surface area contributed by atoms with E-state index in [1.165, 1.54) is 24.1 Å². The standard InChI is InChI=1S/C15H15BrN2O6/c1-24-15(23)10-7-18(4-5-19)13(20)12(10)17-8-2-3-11(16)9(6-8)14(21)22/h2-3,6,17,19H,4-5,7H2,1H3,(H,21,22). The molecule has 0 fully saturated rings. The number of methoxy groups -OCH3 is 1. The van der Waals surface area contributed by atoms with E-state index < -0.39 is 17.8 Å². The van der Waals surface area contributed by atoms with Gasteiger partial charge in [0.05, 0.1) is 31.4 Å². The van der Waals surface area contributed by atoms with Gasteiger partial charge in [-0.2, -0.15) is 0 Å². The van der Waals surface area contributed by atoms with Gasteiger partial charge in [0.1, 0.15) is 5.70 Å². The Hall–Kier alpha value is -2.39. The molecule has 0 aromatic heterocycles. The highest BCUT2D eigenvalue weighted by molar-refractivity contribution is 9.10. The summed E-state index contributed by atoms with van der Waals surface area (Å²) in [5, 5.41) is 20.9. The lowest BCUT2D eigenvalue weighted by molar-refractivity contribution is -0.136. The number of nitrogens with zero attached hydrogens (tertiary/aromatic N) is 1. The van der Waals surface area contributed by atoms with Crippen molar-refractivity contribution in [2.45, 2.75) is 0 Å². The van der Waals surface area contributed by atoms with Crippen molar-refractivity contribution in [3.05, 3.63) is 39.5 Å². The molecule has 0 radical (unpaired) electrons. The van der Waals surface area contributed by atoms with Gasteiger partial charge < -0.3 is 25.2 Å². The van der Waals surface area contributed by atoms with Gasteiger partial charge in [-0.15, -0.1) is 0 Å². The van der Waals surface area contributed by atoms with Crippen LogP contribution in [0.5, 0.6) is 0 Å². The fourth-order valence-corrected chi connectivity index (χ4v) is 2.68. The third-order valence-corrected chi connectivity index (χ3v) is 4.11. The largest absolute Gasteiger partial charge is 0.478 e. The lowest BCUT2D eigenvalue weighted by atomic mass is 10.2. The number of nitrogens with one attached hydrogen (secondary N) is 1. The number of aliphatic hydroxyl groups is 1. The Bertz CT molecular complexity index is 731. The molecule has 0 saturated heterocycles. The van der Waals surface area contributed by atoms with E-state index >= 15 is 0 Å². The average Bonchev–Trinajstić information content (AvgIpc) is 2.85. The fraction of sp³-hybridized carbons (Fsp3) is 0.267. The molecule has 0 spiro atoms. The van der Waals surface area contributed by atoms with E-state index in [0.717, 1.165) is 0 Å². The van der Waals surface area contributed by atoms with Crippen LogP contribution in [0.2, 0.25) is 0 Å². The summed E-state index contributed by atoms with van der Waals surface area (Å²) in [5.74, 6) is -2.27. The number of amides is 1. The van der Waals surface area contributed by atoms with E-state index in [9.17, 15) is 14.4 Å². The molecular weight excluding hydrogens is 384 g/mol. The van der Waals surface area contributed by atoms with Gasteiger partial charge >= 0.3 is 11.9 Å². The first kappa shape index (κ1) is 18.0. The number of anilines is 1. The summed E-state index contributed by atoms with van der Waals surface area (Å²) in [4.78, 5) is 36.7. The Morgan fingerprint density at radius 1 is 1.42 bits per heavy atom. The van der Waals surface area contributed by atoms with Crippen molar-refractivity contribution in [2.75, 3.05) is 32.1 Å². The van der Waals surface area contributed by atoms with Gasteiger partial charge in [-0.05, 0) is 34.1 Å². The van der Waals surface area contributed by atoms with E-state index in [1.807, 2.05) is 0 Å². The molecule has 0 unspecified atom stereocenters. The van der Waals surface area contributed by atoms with Crippen LogP contribution in [0.25, 0.3) is 0 Å². The number of carboxylic acids is 1. The number of rotatable bonds is 6. The number of hydrogen-bond donors (Lipinski definition) is 3. The molecule has 8 nitrogen and oxygen atoms in total. The minimum atomic E-state index is -1.13. The molecule has 0 bridgehead atoms. The normalized spacial score (nSPS) is 14.1. The summed E-state index contributed by atoms with van der Waals surface area (Å²) >= 11 is 3.13. The predicted molar refractivity (Wildman–Crippen MR) is 87.4 cm³/mol. The molecule has 1 amide bonds. The number of aliphatic hydroxyl groups excluding tert-OH is 1. The number of carbonyl (C=O) groups is 3. The van der Waals surface area contributed by atoms with Crippen LogP contribution in [0, 0.1) is 0 Å². The number of aromatic carboxylic acids is 1. The second-order valence-electron chi connectivity index (χ2n) is 4.92. The summed E-state index contributed by atoms with van der Waals surface area (Å²) < 4.78 is 5.07. The molecule has 1 aliphatic rings. The molecule has 2 rings (SSSR count). The molecule has 1 aromatic rings. The van der Waals surface area contributed by atoms with E-state index in [1.54, 1.807) is 6.07 Å². The maximum absolute atomic E-state index is 12.4. The van der Waals surface area contributed by atoms with Gasteiger partial charge in [-0.3, -0.25) is 4.79 Å². The first-order chi connectivity index (χ1) is 11.4. The van der Waals surface area contributed by atoms with Crippen molar-refractivity contribution in [1.82, 2.24) is 4.90 Å². The summed E-state index contributed by atoms with van der Waals surface area (Å²) in [6, 6.07) is 4.44. The van der Waals surface area contributed by atoms with Gasteiger partial charge in [0.2, 0.25) is 0 Å². The first-order valence-corrected chi connectivity index (χ1v) is 7.69. The zero-order valence-corrected chi connectivity index (χ0v) is 14.3. The van der Waals surface area contributed by atoms with Crippen LogP contribution < -0.4 is 5.32 Å². The van der Waals surface area contributed by atoms with E-state index in [2.05, 4.69) is 26.0 Å². The molecule has 1 heterocycles. The van der Waals surface area contributed by atoms with Crippen molar-refractivity contribution in [3.8, 4) is 0 Å². The highest BCUT2D eigenvalue weighted by atomic mass is 79.9. The number of halogens is 1. The Kier molecular flexibility index (Phi) is 5.58. The van der Waals surface area contributed by atoms with Gasteiger partial charge in [0, 0.05) is 16.7 Å². The summed E-state index contributed by atoms with van der Waals surface area (Å²) in [6.45, 7) is -0.156. The molecule has 0 saturated carbocycles. The number of carbonyl (C=O) groups excluding carboxylic acids is 2. The van der Waals surface area contributed by atoms with Gasteiger partial charge in [-0.1, -0.05) is 0 Å². The van der Waals surface area contributed by atoms with Crippen LogP contribution in [0.15, 0.2) is 33.9 Å². The second kappa shape index (κ2) is 7.45. The van der Waals surface area contributed by atoms with Crippen molar-refractivity contribution in [3.63, 3.8) is 0 Å². The minimum absolute atomic E-state index is 0.00830. The third kappa shape index (κ3) is 3.57. The predicted octanol–water partition coefficient (Wildman–Crippen LogP) is 0.821. The van der Waals surface area contributed by atoms with Crippen molar-refractivity contribution in [1.29, 1.82) is 0 Å². The monoisotopic (exact) mass is 398 g/mol. The van der Waals surface area contributed by atoms with E-state index in [4.69, 9.17) is 10.2 Å². The number of ether oxygens (including phenoxy) is 1. The molecule has 0 atom stereocenters. The molecule has 128 valence electrons. The van der Waals surface area contributed by atoms with Crippen LogP contribution in [0.3, 0.4) is 0 Å². The molecule has 3 N–H and O–H groups in total. The van der Waals surface area contributed by atoms with Gasteiger partial charge in [-0.25, -0.2) is 9.59 Å². The lowest BCUT2D eigenvalue weighted by Gasteiger charge is -2.15. The number of esters is 1. The van der Waals surface area contributed by atoms with Crippen LogP contribution >= 0.6 is 15.9 Å². The summed E-state index contributed by atoms with van der Waals surface area (Å²) in [5.41, 5.74) is 0.480. The highest BCUT2D eigenvalue weighted by Crippen LogP contribution is 2.26. The number of carboxylic acid groups (broad SMARTS) is 1. The Morgan fingerprint density at radius 3 is 2.71 bits per heavy atom. The topological polar surface area (TPSA) is 116 Å². The van der Waals surface area contributed by atoms with Crippen LogP contribution in [0.4, 0.5) is 5.69 Å². The molecule has 9 heteroatoms. The first-order valence-electron chi connectivity index (χ1n) is 6.90. The fourth-order valence-electron chi connectivity index (χ4n) is 2.26. The quantitative estimate of drug-likeness (QED) is 0.607. The van der Waals surface area contributed by atoms with Crippen molar-refractivity contribution >= 4 is 39.5 Å². The zero-order valence-electron chi connectivity index (χ0n) is 12.7. The lowest BCUT2D eigenvalue weighted by Crippen LogP contribution is -2.31. The minimum Gasteiger partial charge on any atom is -0.478 e. The third-order valence-electron chi connectivity index (χ3n) is 3.42. The van der Waals surface area contributed by atoms with Crippen LogP contribution in [-0.4, -0.2) is 59.8 Å². The zero-order chi connectivity index (χ0) is 17.9.